The molecule has 110 valence electrons. The SMILES string of the molecule is COC(=O)/C(C)=N/Nc1cc(C)c2cc(OC)ccc2n1. The third kappa shape index (κ3) is 3.28. The summed E-state index contributed by atoms with van der Waals surface area (Å²) >= 11 is 0. The number of hydrazone groups is 1. The van der Waals surface area contributed by atoms with Gasteiger partial charge in [0.25, 0.3) is 0 Å². The zero-order valence-corrected chi connectivity index (χ0v) is 12.4. The topological polar surface area (TPSA) is 72.8 Å². The van der Waals surface area contributed by atoms with E-state index in [1.54, 1.807) is 14.0 Å². The monoisotopic (exact) mass is 287 g/mol. The third-order valence-electron chi connectivity index (χ3n) is 3.04. The smallest absolute Gasteiger partial charge is 0.353 e. The van der Waals surface area contributed by atoms with Crippen LogP contribution in [-0.2, 0) is 9.53 Å². The first-order chi connectivity index (χ1) is 10.0. The summed E-state index contributed by atoms with van der Waals surface area (Å²) in [5, 5.41) is 4.96. The number of hydrogen-bond donors (Lipinski definition) is 1. The molecule has 0 amide bonds. The van der Waals surface area contributed by atoms with Gasteiger partial charge in [0.1, 0.15) is 17.3 Å². The highest BCUT2D eigenvalue weighted by Crippen LogP contribution is 2.24. The molecule has 0 unspecified atom stereocenters. The predicted molar refractivity (Wildman–Crippen MR) is 81.8 cm³/mol. The maximum absolute atomic E-state index is 11.3. The third-order valence-corrected chi connectivity index (χ3v) is 3.04. The van der Waals surface area contributed by atoms with Crippen molar-refractivity contribution in [2.45, 2.75) is 13.8 Å². The summed E-state index contributed by atoms with van der Waals surface area (Å²) in [4.78, 5) is 15.7. The van der Waals surface area contributed by atoms with Gasteiger partial charge < -0.3 is 9.47 Å². The molecule has 0 atom stereocenters. The molecule has 2 aromatic rings. The number of pyridine rings is 1. The highest BCUT2D eigenvalue weighted by atomic mass is 16.5. The summed E-state index contributed by atoms with van der Waals surface area (Å²) in [5.74, 6) is 0.867. The van der Waals surface area contributed by atoms with Gasteiger partial charge in [-0.25, -0.2) is 9.78 Å². The van der Waals surface area contributed by atoms with Crippen molar-refractivity contribution in [1.82, 2.24) is 4.98 Å². The largest absolute Gasteiger partial charge is 0.497 e. The van der Waals surface area contributed by atoms with Crippen molar-refractivity contribution >= 4 is 28.4 Å². The molecule has 0 aliphatic heterocycles. The molecule has 6 heteroatoms. The second kappa shape index (κ2) is 6.21. The maximum Gasteiger partial charge on any atom is 0.353 e. The molecule has 1 heterocycles. The molecule has 1 N–H and O–H groups in total. The summed E-state index contributed by atoms with van der Waals surface area (Å²) in [6, 6.07) is 7.52. The van der Waals surface area contributed by atoms with Gasteiger partial charge in [-0.2, -0.15) is 5.10 Å². The summed E-state index contributed by atoms with van der Waals surface area (Å²) in [5.41, 5.74) is 4.85. The summed E-state index contributed by atoms with van der Waals surface area (Å²) in [6.07, 6.45) is 0. The minimum Gasteiger partial charge on any atom is -0.497 e. The van der Waals surface area contributed by atoms with Crippen LogP contribution in [0.1, 0.15) is 12.5 Å². The fourth-order valence-electron chi connectivity index (χ4n) is 1.89. The van der Waals surface area contributed by atoms with Crippen molar-refractivity contribution in [3.63, 3.8) is 0 Å². The standard InChI is InChI=1S/C15H17N3O3/c1-9-7-14(18-17-10(2)15(19)21-4)16-13-6-5-11(20-3)8-12(9)13/h5-8H,1-4H3,(H,16,18)/b17-10+. The number of fused-ring (bicyclic) bond motifs is 1. The van der Waals surface area contributed by atoms with Gasteiger partial charge in [-0.15, -0.1) is 0 Å². The highest BCUT2D eigenvalue weighted by Gasteiger charge is 2.06. The molecule has 0 aliphatic carbocycles. The van der Waals surface area contributed by atoms with Crippen LogP contribution >= 0.6 is 0 Å². The van der Waals surface area contributed by atoms with E-state index in [0.29, 0.717) is 5.82 Å². The van der Waals surface area contributed by atoms with Crippen LogP contribution in [0.5, 0.6) is 5.75 Å². The summed E-state index contributed by atoms with van der Waals surface area (Å²) in [7, 11) is 2.94. The number of anilines is 1. The molecule has 0 spiro atoms. The predicted octanol–water partition coefficient (Wildman–Crippen LogP) is 2.51. The number of methoxy groups -OCH3 is 2. The zero-order chi connectivity index (χ0) is 15.4. The molecule has 0 saturated heterocycles. The molecule has 0 fully saturated rings. The average molecular weight is 287 g/mol. The van der Waals surface area contributed by atoms with Gasteiger partial charge in [-0.1, -0.05) is 0 Å². The van der Waals surface area contributed by atoms with Crippen molar-refractivity contribution in [1.29, 1.82) is 0 Å². The summed E-state index contributed by atoms with van der Waals surface area (Å²) < 4.78 is 9.78. The fraction of sp³-hybridized carbons (Fsp3) is 0.267. The Morgan fingerprint density at radius 3 is 2.71 bits per heavy atom. The molecule has 21 heavy (non-hydrogen) atoms. The Bertz CT molecular complexity index is 711. The number of nitrogens with one attached hydrogen (secondary N) is 1. The van der Waals surface area contributed by atoms with E-state index in [4.69, 9.17) is 4.74 Å². The Labute approximate surface area is 122 Å². The van der Waals surface area contributed by atoms with E-state index in [9.17, 15) is 4.79 Å². The van der Waals surface area contributed by atoms with E-state index < -0.39 is 5.97 Å². The first-order valence-corrected chi connectivity index (χ1v) is 6.39. The molecule has 0 saturated carbocycles. The lowest BCUT2D eigenvalue weighted by Crippen LogP contribution is -2.13. The number of aryl methyl sites for hydroxylation is 1. The fourth-order valence-corrected chi connectivity index (χ4v) is 1.89. The van der Waals surface area contributed by atoms with Crippen LogP contribution in [0.3, 0.4) is 0 Å². The van der Waals surface area contributed by atoms with Crippen LogP contribution in [0.25, 0.3) is 10.9 Å². The van der Waals surface area contributed by atoms with Crippen LogP contribution in [0.4, 0.5) is 5.82 Å². The van der Waals surface area contributed by atoms with E-state index in [0.717, 1.165) is 22.2 Å². The Morgan fingerprint density at radius 2 is 2.05 bits per heavy atom. The van der Waals surface area contributed by atoms with Gasteiger partial charge >= 0.3 is 5.97 Å². The first kappa shape index (κ1) is 14.8. The van der Waals surface area contributed by atoms with Crippen LogP contribution in [-0.4, -0.2) is 30.9 Å². The second-order valence-electron chi connectivity index (χ2n) is 4.51. The van der Waals surface area contributed by atoms with Crippen molar-refractivity contribution in [2.24, 2.45) is 5.10 Å². The molecule has 6 nitrogen and oxygen atoms in total. The molecule has 0 bridgehead atoms. The lowest BCUT2D eigenvalue weighted by Gasteiger charge is -2.08. The van der Waals surface area contributed by atoms with Crippen molar-refractivity contribution in [3.8, 4) is 5.75 Å². The lowest BCUT2D eigenvalue weighted by atomic mass is 10.1. The van der Waals surface area contributed by atoms with Crippen molar-refractivity contribution in [3.05, 3.63) is 29.8 Å². The van der Waals surface area contributed by atoms with Gasteiger partial charge in [0.15, 0.2) is 0 Å². The van der Waals surface area contributed by atoms with E-state index >= 15 is 0 Å². The number of carbonyl (C=O) groups is 1. The van der Waals surface area contributed by atoms with E-state index in [1.807, 2.05) is 31.2 Å². The number of rotatable bonds is 4. The van der Waals surface area contributed by atoms with E-state index in [1.165, 1.54) is 7.11 Å². The lowest BCUT2D eigenvalue weighted by molar-refractivity contribution is -0.132. The molecular weight excluding hydrogens is 270 g/mol. The van der Waals surface area contributed by atoms with Gasteiger partial charge in [-0.3, -0.25) is 5.43 Å². The molecule has 1 aromatic carbocycles. The quantitative estimate of drug-likeness (QED) is 0.531. The van der Waals surface area contributed by atoms with E-state index in [-0.39, 0.29) is 5.71 Å². The number of aromatic nitrogens is 1. The second-order valence-corrected chi connectivity index (χ2v) is 4.51. The van der Waals surface area contributed by atoms with E-state index in [2.05, 4.69) is 20.2 Å². The number of ether oxygens (including phenoxy) is 2. The number of benzene rings is 1. The van der Waals surface area contributed by atoms with Gasteiger partial charge in [0.2, 0.25) is 0 Å². The van der Waals surface area contributed by atoms with Crippen LogP contribution in [0.2, 0.25) is 0 Å². The van der Waals surface area contributed by atoms with Crippen LogP contribution < -0.4 is 10.2 Å². The Balaban J connectivity index is 2.33. The molecular formula is C15H17N3O3. The number of carbonyl (C=O) groups excluding carboxylic acids is 1. The number of nitrogens with zero attached hydrogens (tertiary/aromatic N) is 2. The van der Waals surface area contributed by atoms with Crippen LogP contribution in [0, 0.1) is 6.92 Å². The molecule has 0 radical (unpaired) electrons. The van der Waals surface area contributed by atoms with Gasteiger partial charge in [-0.05, 0) is 43.7 Å². The normalized spacial score (nSPS) is 11.3. The number of esters is 1. The summed E-state index contributed by atoms with van der Waals surface area (Å²) in [6.45, 7) is 3.54. The van der Waals surface area contributed by atoms with Gasteiger partial charge in [0.05, 0.1) is 19.7 Å². The minimum atomic E-state index is -0.482. The van der Waals surface area contributed by atoms with Crippen molar-refractivity contribution < 1.29 is 14.3 Å². The Kier molecular flexibility index (Phi) is 4.37. The number of hydrogen-bond acceptors (Lipinski definition) is 6. The Hall–Kier alpha value is -2.63. The van der Waals surface area contributed by atoms with Gasteiger partial charge in [0, 0.05) is 5.39 Å². The molecule has 1 aromatic heterocycles. The van der Waals surface area contributed by atoms with Crippen LogP contribution in [0.15, 0.2) is 29.4 Å². The Morgan fingerprint density at radius 1 is 1.29 bits per heavy atom. The first-order valence-electron chi connectivity index (χ1n) is 6.39. The van der Waals surface area contributed by atoms with Crippen molar-refractivity contribution in [2.75, 3.05) is 19.6 Å². The minimum absolute atomic E-state index is 0.229. The molecule has 0 aliphatic rings. The maximum atomic E-state index is 11.3. The zero-order valence-electron chi connectivity index (χ0n) is 12.4. The highest BCUT2D eigenvalue weighted by molar-refractivity contribution is 6.35. The average Bonchev–Trinajstić information content (AvgIpc) is 2.51. The molecule has 2 rings (SSSR count).